The minimum absolute atomic E-state index is 0.174. The number of imidazole rings is 1. The van der Waals surface area contributed by atoms with Gasteiger partial charge in [-0.25, -0.2) is 9.78 Å². The standard InChI is InChI=1S/C31H39N5O2/c1-22-32-29-21-34(20-23-8-4-2-5-9-23)16-15-30(29)36(22)27-18-25-12-13-26(19-27)35(25)17-14-28(33-31(37)38)24-10-6-3-7-11-24/h2-11,25-28,33H,12-21H2,1H3,(H,37,38)/t25?,26?,27?,28-/m0/s1. The molecular weight excluding hydrogens is 474 g/mol. The number of benzene rings is 2. The predicted octanol–water partition coefficient (Wildman–Crippen LogP) is 5.32. The van der Waals surface area contributed by atoms with Crippen LogP contribution in [-0.4, -0.2) is 55.7 Å². The summed E-state index contributed by atoms with van der Waals surface area (Å²) in [6.45, 7) is 6.11. The van der Waals surface area contributed by atoms with Gasteiger partial charge in [-0.3, -0.25) is 9.80 Å². The summed E-state index contributed by atoms with van der Waals surface area (Å²) in [5.74, 6) is 1.17. The van der Waals surface area contributed by atoms with Crippen LogP contribution in [0.2, 0.25) is 0 Å². The smallest absolute Gasteiger partial charge is 0.405 e. The van der Waals surface area contributed by atoms with Crippen molar-refractivity contribution in [1.29, 1.82) is 0 Å². The van der Waals surface area contributed by atoms with Gasteiger partial charge in [-0.15, -0.1) is 0 Å². The SMILES string of the molecule is Cc1nc2c(n1C1CC3CCC(C1)N3CC[C@H](NC(=O)O)c1ccccc1)CCN(Cc1ccccc1)C2. The second-order valence-corrected chi connectivity index (χ2v) is 11.3. The molecule has 0 spiro atoms. The lowest BCUT2D eigenvalue weighted by Gasteiger charge is -2.41. The molecule has 7 nitrogen and oxygen atoms in total. The van der Waals surface area contributed by atoms with Crippen LogP contribution in [0.3, 0.4) is 0 Å². The Labute approximate surface area is 225 Å². The van der Waals surface area contributed by atoms with Crippen molar-refractivity contribution in [2.24, 2.45) is 0 Å². The van der Waals surface area contributed by atoms with Crippen LogP contribution >= 0.6 is 0 Å². The third kappa shape index (κ3) is 5.22. The number of hydrogen-bond donors (Lipinski definition) is 2. The number of carboxylic acid groups (broad SMARTS) is 1. The van der Waals surface area contributed by atoms with Crippen LogP contribution < -0.4 is 5.32 Å². The summed E-state index contributed by atoms with van der Waals surface area (Å²) in [4.78, 5) is 21.7. The second kappa shape index (κ2) is 10.9. The first-order valence-corrected chi connectivity index (χ1v) is 14.2. The quantitative estimate of drug-likeness (QED) is 0.427. The highest BCUT2D eigenvalue weighted by atomic mass is 16.4. The largest absolute Gasteiger partial charge is 0.465 e. The maximum atomic E-state index is 11.5. The van der Waals surface area contributed by atoms with Gasteiger partial charge in [0.2, 0.25) is 0 Å². The molecule has 2 unspecified atom stereocenters. The number of amides is 1. The zero-order valence-corrected chi connectivity index (χ0v) is 22.3. The van der Waals surface area contributed by atoms with E-state index in [1.54, 1.807) is 0 Å². The van der Waals surface area contributed by atoms with Gasteiger partial charge < -0.3 is 15.0 Å². The Morgan fingerprint density at radius 2 is 1.71 bits per heavy atom. The molecule has 3 atom stereocenters. The van der Waals surface area contributed by atoms with Gasteiger partial charge in [-0.05, 0) is 50.2 Å². The van der Waals surface area contributed by atoms with Crippen molar-refractivity contribution in [2.75, 3.05) is 13.1 Å². The predicted molar refractivity (Wildman–Crippen MR) is 148 cm³/mol. The average Bonchev–Trinajstić information content (AvgIpc) is 3.37. The lowest BCUT2D eigenvalue weighted by Crippen LogP contribution is -2.45. The first-order chi connectivity index (χ1) is 18.5. The molecule has 0 aliphatic carbocycles. The highest BCUT2D eigenvalue weighted by Crippen LogP contribution is 2.43. The van der Waals surface area contributed by atoms with E-state index in [4.69, 9.17) is 4.98 Å². The van der Waals surface area contributed by atoms with Crippen LogP contribution in [0.4, 0.5) is 4.79 Å². The Bertz CT molecular complexity index is 1230. The number of rotatable bonds is 8. The third-order valence-electron chi connectivity index (χ3n) is 8.96. The Balaban J connectivity index is 1.11. The van der Waals surface area contributed by atoms with E-state index in [2.05, 4.69) is 56.9 Å². The van der Waals surface area contributed by atoms with Crippen molar-refractivity contribution in [3.63, 3.8) is 0 Å². The summed E-state index contributed by atoms with van der Waals surface area (Å²) < 4.78 is 2.59. The molecule has 2 bridgehead atoms. The zero-order valence-electron chi connectivity index (χ0n) is 22.3. The number of nitrogens with one attached hydrogen (secondary N) is 1. The van der Waals surface area contributed by atoms with Gasteiger partial charge in [-0.1, -0.05) is 60.7 Å². The molecule has 3 aliphatic rings. The lowest BCUT2D eigenvalue weighted by molar-refractivity contribution is 0.0992. The molecule has 3 aliphatic heterocycles. The molecule has 38 heavy (non-hydrogen) atoms. The minimum atomic E-state index is -0.955. The molecule has 0 radical (unpaired) electrons. The fraction of sp³-hybridized carbons (Fsp3) is 0.484. The summed E-state index contributed by atoms with van der Waals surface area (Å²) in [6.07, 6.45) is 5.72. The van der Waals surface area contributed by atoms with Crippen LogP contribution in [0.1, 0.15) is 72.5 Å². The van der Waals surface area contributed by atoms with Gasteiger partial charge in [0.15, 0.2) is 0 Å². The number of carbonyl (C=O) groups is 1. The Hall–Kier alpha value is -3.16. The van der Waals surface area contributed by atoms with Crippen molar-refractivity contribution in [3.8, 4) is 0 Å². The van der Waals surface area contributed by atoms with E-state index in [0.717, 1.165) is 57.4 Å². The first-order valence-electron chi connectivity index (χ1n) is 14.2. The number of piperidine rings is 1. The van der Waals surface area contributed by atoms with Crippen molar-refractivity contribution < 1.29 is 9.90 Å². The van der Waals surface area contributed by atoms with Crippen molar-refractivity contribution in [3.05, 3.63) is 89.0 Å². The zero-order chi connectivity index (χ0) is 26.1. The molecule has 3 aromatic rings. The fourth-order valence-corrected chi connectivity index (χ4v) is 7.31. The van der Waals surface area contributed by atoms with Gasteiger partial charge >= 0.3 is 6.09 Å². The Morgan fingerprint density at radius 3 is 2.39 bits per heavy atom. The van der Waals surface area contributed by atoms with E-state index in [1.807, 2.05) is 30.3 Å². The van der Waals surface area contributed by atoms with Crippen molar-refractivity contribution in [1.82, 2.24) is 24.7 Å². The van der Waals surface area contributed by atoms with Gasteiger partial charge in [0, 0.05) is 56.4 Å². The van der Waals surface area contributed by atoms with Gasteiger partial charge in [-0.2, -0.15) is 0 Å². The van der Waals surface area contributed by atoms with Crippen LogP contribution in [0.5, 0.6) is 0 Å². The van der Waals surface area contributed by atoms with Crippen LogP contribution in [0.15, 0.2) is 60.7 Å². The highest BCUT2D eigenvalue weighted by molar-refractivity contribution is 5.65. The number of aryl methyl sites for hydroxylation is 1. The molecule has 2 N–H and O–H groups in total. The summed E-state index contributed by atoms with van der Waals surface area (Å²) in [5, 5.41) is 12.2. The van der Waals surface area contributed by atoms with Crippen molar-refractivity contribution in [2.45, 2.75) is 82.7 Å². The number of nitrogens with zero attached hydrogens (tertiary/aromatic N) is 4. The maximum absolute atomic E-state index is 11.5. The molecule has 0 saturated carbocycles. The second-order valence-electron chi connectivity index (χ2n) is 11.3. The fourth-order valence-electron chi connectivity index (χ4n) is 7.31. The van der Waals surface area contributed by atoms with Crippen LogP contribution in [0.25, 0.3) is 0 Å². The molecule has 1 amide bonds. The molecule has 1 aromatic heterocycles. The molecule has 2 aromatic carbocycles. The van der Waals surface area contributed by atoms with Gasteiger partial charge in [0.1, 0.15) is 5.82 Å². The highest BCUT2D eigenvalue weighted by Gasteiger charge is 2.42. The summed E-state index contributed by atoms with van der Waals surface area (Å²) in [7, 11) is 0. The number of fused-ring (bicyclic) bond motifs is 3. The molecule has 2 fully saturated rings. The lowest BCUT2D eigenvalue weighted by atomic mass is 9.95. The molecular formula is C31H39N5O2. The maximum Gasteiger partial charge on any atom is 0.405 e. The summed E-state index contributed by atoms with van der Waals surface area (Å²) in [5.41, 5.74) is 5.13. The molecule has 6 rings (SSSR count). The first kappa shape index (κ1) is 25.1. The summed E-state index contributed by atoms with van der Waals surface area (Å²) in [6, 6.07) is 22.2. The number of aromatic nitrogens is 2. The van der Waals surface area contributed by atoms with Crippen molar-refractivity contribution >= 4 is 6.09 Å². The molecule has 7 heteroatoms. The van der Waals surface area contributed by atoms with E-state index < -0.39 is 6.09 Å². The molecule has 4 heterocycles. The molecule has 2 saturated heterocycles. The molecule has 200 valence electrons. The monoisotopic (exact) mass is 513 g/mol. The van der Waals surface area contributed by atoms with Crippen LogP contribution in [-0.2, 0) is 19.5 Å². The van der Waals surface area contributed by atoms with E-state index >= 15 is 0 Å². The third-order valence-corrected chi connectivity index (χ3v) is 8.96. The topological polar surface area (TPSA) is 73.6 Å². The number of hydrogen-bond acceptors (Lipinski definition) is 4. The van der Waals surface area contributed by atoms with Crippen LogP contribution in [0, 0.1) is 6.92 Å². The Kier molecular flexibility index (Phi) is 7.22. The Morgan fingerprint density at radius 1 is 1.03 bits per heavy atom. The minimum Gasteiger partial charge on any atom is -0.465 e. The van der Waals surface area contributed by atoms with Gasteiger partial charge in [0.05, 0.1) is 11.7 Å². The average molecular weight is 514 g/mol. The van der Waals surface area contributed by atoms with E-state index in [0.29, 0.717) is 18.1 Å². The van der Waals surface area contributed by atoms with E-state index in [1.165, 1.54) is 35.6 Å². The van der Waals surface area contributed by atoms with Gasteiger partial charge in [0.25, 0.3) is 0 Å². The van der Waals surface area contributed by atoms with E-state index in [-0.39, 0.29) is 6.04 Å². The summed E-state index contributed by atoms with van der Waals surface area (Å²) >= 11 is 0. The van der Waals surface area contributed by atoms with E-state index in [9.17, 15) is 9.90 Å². The normalized spacial score (nSPS) is 24.2.